The molecule has 0 aromatic rings. The predicted molar refractivity (Wildman–Crippen MR) is 67.8 cm³/mol. The average molecular weight is 243 g/mol. The lowest BCUT2D eigenvalue weighted by Crippen LogP contribution is -2.44. The van der Waals surface area contributed by atoms with Crippen molar-refractivity contribution in [3.63, 3.8) is 0 Å². The number of carbonyl (C=O) groups is 1. The van der Waals surface area contributed by atoms with E-state index in [0.717, 1.165) is 26.1 Å². The molecule has 5 heteroatoms. The Morgan fingerprint density at radius 1 is 1.41 bits per heavy atom. The number of likely N-dealkylation sites (N-methyl/N-ethyl adjacent to an activating group) is 1. The Balaban J connectivity index is 2.36. The van der Waals surface area contributed by atoms with Crippen LogP contribution in [0.25, 0.3) is 0 Å². The molecule has 0 spiro atoms. The first-order chi connectivity index (χ1) is 8.04. The number of hydrogen-bond acceptors (Lipinski definition) is 4. The third kappa shape index (κ3) is 4.61. The van der Waals surface area contributed by atoms with Crippen LogP contribution in [0.4, 0.5) is 0 Å². The highest BCUT2D eigenvalue weighted by atomic mass is 16.3. The van der Waals surface area contributed by atoms with Gasteiger partial charge in [0, 0.05) is 19.6 Å². The van der Waals surface area contributed by atoms with E-state index >= 15 is 0 Å². The van der Waals surface area contributed by atoms with Crippen LogP contribution in [-0.4, -0.2) is 73.2 Å². The molecule has 2 atom stereocenters. The summed E-state index contributed by atoms with van der Waals surface area (Å²) < 4.78 is 0. The Bertz CT molecular complexity index is 246. The van der Waals surface area contributed by atoms with Crippen LogP contribution in [0.2, 0.25) is 0 Å². The number of amides is 1. The molecule has 1 amide bonds. The Morgan fingerprint density at radius 3 is 2.59 bits per heavy atom. The van der Waals surface area contributed by atoms with Crippen LogP contribution in [0.5, 0.6) is 0 Å². The number of nitrogens with zero attached hydrogens (tertiary/aromatic N) is 2. The Labute approximate surface area is 104 Å². The normalized spacial score (nSPS) is 24.3. The van der Waals surface area contributed by atoms with Crippen LogP contribution in [0.3, 0.4) is 0 Å². The van der Waals surface area contributed by atoms with Crippen molar-refractivity contribution in [2.24, 2.45) is 0 Å². The molecule has 1 aliphatic rings. The zero-order chi connectivity index (χ0) is 12.8. The third-order valence-corrected chi connectivity index (χ3v) is 3.13. The lowest BCUT2D eigenvalue weighted by atomic mass is 10.1. The summed E-state index contributed by atoms with van der Waals surface area (Å²) in [7, 11) is 4.07. The van der Waals surface area contributed by atoms with E-state index < -0.39 is 0 Å². The predicted octanol–water partition coefficient (Wildman–Crippen LogP) is -0.491. The lowest BCUT2D eigenvalue weighted by molar-refractivity contribution is -0.133. The van der Waals surface area contributed by atoms with Crippen molar-refractivity contribution in [3.05, 3.63) is 0 Å². The summed E-state index contributed by atoms with van der Waals surface area (Å²) in [5.74, 6) is 0.128. The monoisotopic (exact) mass is 243 g/mol. The van der Waals surface area contributed by atoms with Crippen LogP contribution in [0.1, 0.15) is 19.8 Å². The molecule has 2 N–H and O–H groups in total. The van der Waals surface area contributed by atoms with Crippen LogP contribution >= 0.6 is 0 Å². The molecule has 1 aliphatic heterocycles. The van der Waals surface area contributed by atoms with E-state index in [1.165, 1.54) is 0 Å². The van der Waals surface area contributed by atoms with Gasteiger partial charge in [-0.25, -0.2) is 0 Å². The average Bonchev–Trinajstić information content (AvgIpc) is 2.70. The number of rotatable bonds is 6. The van der Waals surface area contributed by atoms with Gasteiger partial charge in [-0.15, -0.1) is 0 Å². The maximum Gasteiger partial charge on any atom is 0.239 e. The summed E-state index contributed by atoms with van der Waals surface area (Å²) in [5.41, 5.74) is 0. The summed E-state index contributed by atoms with van der Waals surface area (Å²) in [6.45, 7) is 5.05. The molecule has 5 nitrogen and oxygen atoms in total. The molecule has 100 valence electrons. The zero-order valence-electron chi connectivity index (χ0n) is 11.1. The van der Waals surface area contributed by atoms with E-state index in [2.05, 4.69) is 10.2 Å². The first-order valence-corrected chi connectivity index (χ1v) is 6.39. The van der Waals surface area contributed by atoms with E-state index in [1.54, 1.807) is 0 Å². The van der Waals surface area contributed by atoms with Crippen LogP contribution in [0.15, 0.2) is 0 Å². The number of aliphatic hydroxyl groups excluding tert-OH is 1. The molecule has 1 heterocycles. The molecule has 0 radical (unpaired) electrons. The number of aliphatic hydroxyl groups is 1. The molecular weight excluding hydrogens is 218 g/mol. The summed E-state index contributed by atoms with van der Waals surface area (Å²) in [6, 6.07) is -0.190. The van der Waals surface area contributed by atoms with Crippen LogP contribution in [0, 0.1) is 0 Å². The SMILES string of the molecule is CCN(CCCN(C)C)C(=O)C1CC(O)CN1. The third-order valence-electron chi connectivity index (χ3n) is 3.13. The van der Waals surface area contributed by atoms with Gasteiger partial charge in [0.15, 0.2) is 0 Å². The molecule has 2 unspecified atom stereocenters. The molecule has 1 fully saturated rings. The van der Waals surface area contributed by atoms with E-state index in [4.69, 9.17) is 0 Å². The zero-order valence-corrected chi connectivity index (χ0v) is 11.1. The largest absolute Gasteiger partial charge is 0.392 e. The molecule has 0 bridgehead atoms. The van der Waals surface area contributed by atoms with Crippen molar-refractivity contribution in [3.8, 4) is 0 Å². The Hall–Kier alpha value is -0.650. The summed E-state index contributed by atoms with van der Waals surface area (Å²) in [4.78, 5) is 16.1. The molecular formula is C12H25N3O2. The maximum absolute atomic E-state index is 12.1. The van der Waals surface area contributed by atoms with Crippen LogP contribution in [-0.2, 0) is 4.79 Å². The van der Waals surface area contributed by atoms with Gasteiger partial charge in [-0.3, -0.25) is 4.79 Å². The van der Waals surface area contributed by atoms with Crippen molar-refractivity contribution >= 4 is 5.91 Å². The molecule has 0 aromatic heterocycles. The molecule has 0 aliphatic carbocycles. The van der Waals surface area contributed by atoms with E-state index in [-0.39, 0.29) is 18.1 Å². The second-order valence-electron chi connectivity index (χ2n) is 4.93. The molecule has 17 heavy (non-hydrogen) atoms. The van der Waals surface area contributed by atoms with Gasteiger partial charge in [-0.2, -0.15) is 0 Å². The van der Waals surface area contributed by atoms with Gasteiger partial charge in [0.25, 0.3) is 0 Å². The highest BCUT2D eigenvalue weighted by Gasteiger charge is 2.30. The van der Waals surface area contributed by atoms with E-state index in [0.29, 0.717) is 13.0 Å². The van der Waals surface area contributed by atoms with Gasteiger partial charge in [0.1, 0.15) is 0 Å². The fourth-order valence-corrected chi connectivity index (χ4v) is 2.13. The Morgan fingerprint density at radius 2 is 2.12 bits per heavy atom. The summed E-state index contributed by atoms with van der Waals surface area (Å²) in [5, 5.41) is 12.5. The topological polar surface area (TPSA) is 55.8 Å². The number of carbonyl (C=O) groups excluding carboxylic acids is 1. The van der Waals surface area contributed by atoms with Gasteiger partial charge >= 0.3 is 0 Å². The van der Waals surface area contributed by atoms with Gasteiger partial charge in [0.05, 0.1) is 12.1 Å². The minimum atomic E-state index is -0.371. The Kier molecular flexibility index (Phi) is 5.88. The van der Waals surface area contributed by atoms with Gasteiger partial charge in [0.2, 0.25) is 5.91 Å². The van der Waals surface area contributed by atoms with Crippen molar-refractivity contribution in [1.29, 1.82) is 0 Å². The van der Waals surface area contributed by atoms with E-state index in [1.807, 2.05) is 25.9 Å². The van der Waals surface area contributed by atoms with Crippen molar-refractivity contribution in [1.82, 2.24) is 15.1 Å². The van der Waals surface area contributed by atoms with Crippen molar-refractivity contribution in [2.45, 2.75) is 31.9 Å². The highest BCUT2D eigenvalue weighted by Crippen LogP contribution is 2.10. The van der Waals surface area contributed by atoms with E-state index in [9.17, 15) is 9.90 Å². The van der Waals surface area contributed by atoms with Crippen LogP contribution < -0.4 is 5.32 Å². The molecule has 1 rings (SSSR count). The maximum atomic E-state index is 12.1. The van der Waals surface area contributed by atoms with Crippen molar-refractivity contribution in [2.75, 3.05) is 40.3 Å². The second-order valence-corrected chi connectivity index (χ2v) is 4.93. The van der Waals surface area contributed by atoms with Gasteiger partial charge in [-0.1, -0.05) is 0 Å². The first kappa shape index (κ1) is 14.4. The standard InChI is InChI=1S/C12H25N3O2/c1-4-15(7-5-6-14(2)3)12(17)11-8-10(16)9-13-11/h10-11,13,16H,4-9H2,1-3H3. The van der Waals surface area contributed by atoms with Crippen molar-refractivity contribution < 1.29 is 9.90 Å². The minimum absolute atomic E-state index is 0.128. The number of β-amino-alcohol motifs (C(OH)–C–C–N with tert-alkyl or cyclic N) is 1. The summed E-state index contributed by atoms with van der Waals surface area (Å²) >= 11 is 0. The van der Waals surface area contributed by atoms with Gasteiger partial charge in [-0.05, 0) is 40.4 Å². The molecule has 1 saturated heterocycles. The molecule has 0 saturated carbocycles. The fourth-order valence-electron chi connectivity index (χ4n) is 2.13. The highest BCUT2D eigenvalue weighted by molar-refractivity contribution is 5.82. The van der Waals surface area contributed by atoms with Gasteiger partial charge < -0.3 is 20.2 Å². The summed E-state index contributed by atoms with van der Waals surface area (Å²) in [6.07, 6.45) is 1.16. The number of nitrogens with one attached hydrogen (secondary N) is 1. The molecule has 0 aromatic carbocycles. The fraction of sp³-hybridized carbons (Fsp3) is 0.917. The second kappa shape index (κ2) is 6.93. The number of hydrogen-bond donors (Lipinski definition) is 2. The lowest BCUT2D eigenvalue weighted by Gasteiger charge is -2.24. The quantitative estimate of drug-likeness (QED) is 0.661. The smallest absolute Gasteiger partial charge is 0.239 e. The minimum Gasteiger partial charge on any atom is -0.392 e. The first-order valence-electron chi connectivity index (χ1n) is 6.39.